The second-order valence-corrected chi connectivity index (χ2v) is 10.5. The zero-order valence-corrected chi connectivity index (χ0v) is 20.9. The van der Waals surface area contributed by atoms with Crippen LogP contribution in [0.4, 0.5) is 15.4 Å². The molecule has 8 nitrogen and oxygen atoms in total. The molecule has 0 bridgehead atoms. The van der Waals surface area contributed by atoms with Crippen LogP contribution in [0.2, 0.25) is 0 Å². The van der Waals surface area contributed by atoms with Crippen molar-refractivity contribution in [1.29, 1.82) is 0 Å². The van der Waals surface area contributed by atoms with E-state index in [9.17, 15) is 14.4 Å². The van der Waals surface area contributed by atoms with E-state index >= 15 is 0 Å². The number of ketones is 1. The van der Waals surface area contributed by atoms with Crippen molar-refractivity contribution < 1.29 is 23.9 Å². The van der Waals surface area contributed by atoms with Gasteiger partial charge in [0, 0.05) is 25.2 Å². The summed E-state index contributed by atoms with van der Waals surface area (Å²) in [5, 5.41) is 2.67. The molecule has 184 valence electrons. The third-order valence-corrected chi connectivity index (χ3v) is 5.09. The summed E-state index contributed by atoms with van der Waals surface area (Å²) < 4.78 is 10.9. The first-order valence-corrected chi connectivity index (χ1v) is 11.8. The molecule has 2 rings (SSSR count). The third kappa shape index (κ3) is 9.02. The van der Waals surface area contributed by atoms with E-state index in [1.54, 1.807) is 44.0 Å². The number of rotatable bonds is 7. The number of pyridine rings is 1. The van der Waals surface area contributed by atoms with Crippen molar-refractivity contribution in [2.75, 3.05) is 11.4 Å². The molecule has 1 aliphatic rings. The lowest BCUT2D eigenvalue weighted by Gasteiger charge is -2.35. The maximum atomic E-state index is 13.2. The van der Waals surface area contributed by atoms with Crippen LogP contribution in [-0.2, 0) is 9.47 Å². The van der Waals surface area contributed by atoms with Crippen LogP contribution < -0.4 is 10.2 Å². The number of hydrogen-bond donors (Lipinski definition) is 1. The Labute approximate surface area is 197 Å². The minimum absolute atomic E-state index is 0.0520. The Morgan fingerprint density at radius 2 is 1.67 bits per heavy atom. The quantitative estimate of drug-likeness (QED) is 0.417. The number of alkyl carbamates (subject to hydrolysis) is 1. The molecule has 8 heteroatoms. The van der Waals surface area contributed by atoms with E-state index < -0.39 is 23.4 Å². The largest absolute Gasteiger partial charge is 0.444 e. The molecular formula is C25H39N3O5. The zero-order chi connectivity index (χ0) is 24.6. The molecule has 0 aromatic carbocycles. The number of hydrogen-bond acceptors (Lipinski definition) is 6. The summed E-state index contributed by atoms with van der Waals surface area (Å²) in [7, 11) is 0. The van der Waals surface area contributed by atoms with Crippen LogP contribution in [0.25, 0.3) is 0 Å². The van der Waals surface area contributed by atoms with E-state index in [1.165, 1.54) is 0 Å². The van der Waals surface area contributed by atoms with Crippen LogP contribution in [0.15, 0.2) is 18.3 Å². The average Bonchev–Trinajstić information content (AvgIpc) is 2.70. The van der Waals surface area contributed by atoms with Crippen molar-refractivity contribution in [3.05, 3.63) is 23.9 Å². The van der Waals surface area contributed by atoms with Crippen molar-refractivity contribution in [2.45, 2.75) is 104 Å². The smallest absolute Gasteiger partial charge is 0.416 e. The highest BCUT2D eigenvalue weighted by atomic mass is 16.6. The number of aromatic nitrogens is 1. The number of amides is 2. The first-order chi connectivity index (χ1) is 15.4. The SMILES string of the molecule is CC(C)(C)OC(=O)NCCCC(=O)c1cccnc1N(C(=O)OC(C)(C)C)C1CCCCC1. The van der Waals surface area contributed by atoms with E-state index in [0.717, 1.165) is 32.1 Å². The van der Waals surface area contributed by atoms with Crippen molar-refractivity contribution >= 4 is 23.8 Å². The Morgan fingerprint density at radius 1 is 1.03 bits per heavy atom. The highest BCUT2D eigenvalue weighted by Gasteiger charge is 2.33. The fraction of sp³-hybridized carbons (Fsp3) is 0.680. The van der Waals surface area contributed by atoms with Crippen LogP contribution in [-0.4, -0.2) is 46.7 Å². The highest BCUT2D eigenvalue weighted by molar-refractivity contribution is 6.03. The summed E-state index contributed by atoms with van der Waals surface area (Å²) in [5.74, 6) is 0.220. The number of Topliss-reactive ketones (excluding diaryl/α,β-unsaturated/α-hetero) is 1. The van der Waals surface area contributed by atoms with Gasteiger partial charge in [0.05, 0.1) is 5.56 Å². The Kier molecular flexibility index (Phi) is 9.25. The number of carbonyl (C=O) groups excluding carboxylic acids is 3. The van der Waals surface area contributed by atoms with Crippen molar-refractivity contribution in [2.24, 2.45) is 0 Å². The molecule has 0 saturated heterocycles. The molecule has 0 atom stereocenters. The van der Waals surface area contributed by atoms with Crippen LogP contribution >= 0.6 is 0 Å². The Bertz CT molecular complexity index is 820. The maximum Gasteiger partial charge on any atom is 0.416 e. The van der Waals surface area contributed by atoms with Gasteiger partial charge in [0.1, 0.15) is 17.0 Å². The molecule has 0 aliphatic heterocycles. The molecule has 1 saturated carbocycles. The Hall–Kier alpha value is -2.64. The zero-order valence-electron chi connectivity index (χ0n) is 20.9. The molecule has 1 fully saturated rings. The van der Waals surface area contributed by atoms with Crippen LogP contribution in [0.1, 0.15) is 96.8 Å². The lowest BCUT2D eigenvalue weighted by Crippen LogP contribution is -2.45. The molecule has 1 N–H and O–H groups in total. The summed E-state index contributed by atoms with van der Waals surface area (Å²) >= 11 is 0. The van der Waals surface area contributed by atoms with Crippen LogP contribution in [0.3, 0.4) is 0 Å². The summed E-state index contributed by atoms with van der Waals surface area (Å²) in [6.07, 6.45) is 6.15. The van der Waals surface area contributed by atoms with Gasteiger partial charge in [-0.3, -0.25) is 9.69 Å². The van der Waals surface area contributed by atoms with Gasteiger partial charge >= 0.3 is 12.2 Å². The number of ether oxygens (including phenoxy) is 2. The lowest BCUT2D eigenvalue weighted by atomic mass is 9.94. The molecule has 1 aliphatic carbocycles. The van der Waals surface area contributed by atoms with Gasteiger partial charge < -0.3 is 14.8 Å². The minimum Gasteiger partial charge on any atom is -0.444 e. The third-order valence-electron chi connectivity index (χ3n) is 5.09. The van der Waals surface area contributed by atoms with Gasteiger partial charge in [-0.15, -0.1) is 0 Å². The fourth-order valence-corrected chi connectivity index (χ4v) is 3.75. The molecule has 0 spiro atoms. The summed E-state index contributed by atoms with van der Waals surface area (Å²) in [5.41, 5.74) is -0.836. The number of anilines is 1. The van der Waals surface area contributed by atoms with Gasteiger partial charge in [0.25, 0.3) is 0 Å². The second-order valence-electron chi connectivity index (χ2n) is 10.5. The topological polar surface area (TPSA) is 97.8 Å². The summed E-state index contributed by atoms with van der Waals surface area (Å²) in [6.45, 7) is 11.2. The van der Waals surface area contributed by atoms with Crippen molar-refractivity contribution in [3.63, 3.8) is 0 Å². The Balaban J connectivity index is 2.13. The Morgan fingerprint density at radius 3 is 2.27 bits per heavy atom. The fourth-order valence-electron chi connectivity index (χ4n) is 3.75. The van der Waals surface area contributed by atoms with Gasteiger partial charge in [-0.25, -0.2) is 14.6 Å². The van der Waals surface area contributed by atoms with E-state index in [4.69, 9.17) is 9.47 Å². The first kappa shape index (κ1) is 26.6. The minimum atomic E-state index is -0.656. The summed E-state index contributed by atoms with van der Waals surface area (Å²) in [4.78, 5) is 44.1. The maximum absolute atomic E-state index is 13.2. The van der Waals surface area contributed by atoms with Crippen LogP contribution in [0, 0.1) is 0 Å². The monoisotopic (exact) mass is 461 g/mol. The van der Waals surface area contributed by atoms with Gasteiger partial charge in [0.2, 0.25) is 0 Å². The molecule has 2 amide bonds. The first-order valence-electron chi connectivity index (χ1n) is 11.8. The number of carbonyl (C=O) groups is 3. The van der Waals surface area contributed by atoms with Gasteiger partial charge in [-0.1, -0.05) is 19.3 Å². The van der Waals surface area contributed by atoms with Crippen LogP contribution in [0.5, 0.6) is 0 Å². The second kappa shape index (κ2) is 11.5. The van der Waals surface area contributed by atoms with Crippen molar-refractivity contribution in [1.82, 2.24) is 10.3 Å². The van der Waals surface area contributed by atoms with E-state index in [0.29, 0.717) is 24.3 Å². The van der Waals surface area contributed by atoms with Gasteiger partial charge in [0.15, 0.2) is 5.78 Å². The molecule has 1 aromatic rings. The average molecular weight is 462 g/mol. The molecule has 0 radical (unpaired) electrons. The normalized spacial score (nSPS) is 15.0. The van der Waals surface area contributed by atoms with Crippen molar-refractivity contribution in [3.8, 4) is 0 Å². The van der Waals surface area contributed by atoms with Gasteiger partial charge in [-0.2, -0.15) is 0 Å². The molecule has 1 aromatic heterocycles. The highest BCUT2D eigenvalue weighted by Crippen LogP contribution is 2.30. The predicted octanol–water partition coefficient (Wildman–Crippen LogP) is 5.64. The predicted molar refractivity (Wildman–Crippen MR) is 128 cm³/mol. The number of nitrogens with zero attached hydrogens (tertiary/aromatic N) is 2. The van der Waals surface area contributed by atoms with E-state index in [-0.39, 0.29) is 18.2 Å². The lowest BCUT2D eigenvalue weighted by molar-refractivity contribution is 0.0521. The number of nitrogens with one attached hydrogen (secondary N) is 1. The molecule has 33 heavy (non-hydrogen) atoms. The summed E-state index contributed by atoms with van der Waals surface area (Å²) in [6, 6.07) is 3.35. The molecule has 0 unspecified atom stereocenters. The van der Waals surface area contributed by atoms with Gasteiger partial charge in [-0.05, 0) is 72.9 Å². The molecular weight excluding hydrogens is 422 g/mol. The van der Waals surface area contributed by atoms with E-state index in [2.05, 4.69) is 10.3 Å². The molecule has 1 heterocycles. The van der Waals surface area contributed by atoms with E-state index in [1.807, 2.05) is 20.8 Å². The standard InChI is InChI=1S/C25H39N3O5/c1-24(2,3)32-22(30)27-17-11-15-20(29)19-14-10-16-26-21(19)28(18-12-8-7-9-13-18)23(31)33-25(4,5)6/h10,14,16,18H,7-9,11-13,15,17H2,1-6H3,(H,27,30).